The number of sulfone groups is 1. The van der Waals surface area contributed by atoms with Gasteiger partial charge in [-0.1, -0.05) is 35.9 Å². The molecule has 2 aromatic carbocycles. The van der Waals surface area contributed by atoms with E-state index in [1.807, 2.05) is 30.3 Å². The van der Waals surface area contributed by atoms with Crippen LogP contribution in [0.5, 0.6) is 0 Å². The van der Waals surface area contributed by atoms with Gasteiger partial charge in [0.15, 0.2) is 16.4 Å². The van der Waals surface area contributed by atoms with E-state index in [-0.39, 0.29) is 23.3 Å². The van der Waals surface area contributed by atoms with E-state index in [1.165, 1.54) is 23.7 Å². The molecule has 3 rings (SSSR count). The summed E-state index contributed by atoms with van der Waals surface area (Å²) in [4.78, 5) is 26.4. The average molecular weight is 442 g/mol. The van der Waals surface area contributed by atoms with Gasteiger partial charge in [-0.25, -0.2) is 8.42 Å². The molecule has 0 spiro atoms. The summed E-state index contributed by atoms with van der Waals surface area (Å²) >= 11 is 7.57. The number of amides is 1. The first-order valence-electron chi connectivity index (χ1n) is 8.68. The molecule has 0 saturated carbocycles. The lowest BCUT2D eigenvalue weighted by Crippen LogP contribution is -2.40. The van der Waals surface area contributed by atoms with Gasteiger partial charge in [-0.2, -0.15) is 0 Å². The van der Waals surface area contributed by atoms with Crippen LogP contribution in [0.15, 0.2) is 41.3 Å². The van der Waals surface area contributed by atoms with Gasteiger partial charge in [0.1, 0.15) is 0 Å². The summed E-state index contributed by atoms with van der Waals surface area (Å²) in [5, 5.41) is 2.47. The number of thioether (sulfide) groups is 1. The zero-order valence-electron chi connectivity index (χ0n) is 15.3. The van der Waals surface area contributed by atoms with Gasteiger partial charge in [0.2, 0.25) is 0 Å². The molecule has 6 nitrogen and oxygen atoms in total. The Morgan fingerprint density at radius 2 is 1.96 bits per heavy atom. The number of likely N-dealkylation sites (N-methyl/N-ethyl adjacent to an activating group) is 1. The lowest BCUT2D eigenvalue weighted by molar-refractivity contribution is -0.150. The molecule has 28 heavy (non-hydrogen) atoms. The SMILES string of the molecule is CN(C(=O)COC(=O)CSc1cccc2cccc(Cl)c12)[C@H]1CCS(=O)(=O)C1. The van der Waals surface area contributed by atoms with Crippen LogP contribution in [0, 0.1) is 0 Å². The van der Waals surface area contributed by atoms with Gasteiger partial charge < -0.3 is 9.64 Å². The van der Waals surface area contributed by atoms with E-state index >= 15 is 0 Å². The highest BCUT2D eigenvalue weighted by Crippen LogP contribution is 2.33. The summed E-state index contributed by atoms with van der Waals surface area (Å²) in [6, 6.07) is 11.0. The molecule has 1 heterocycles. The van der Waals surface area contributed by atoms with Crippen LogP contribution in [0.4, 0.5) is 0 Å². The van der Waals surface area contributed by atoms with E-state index in [0.29, 0.717) is 11.4 Å². The van der Waals surface area contributed by atoms with Crippen molar-refractivity contribution in [2.75, 3.05) is 30.9 Å². The van der Waals surface area contributed by atoms with Crippen LogP contribution in [0.3, 0.4) is 0 Å². The lowest BCUT2D eigenvalue weighted by Gasteiger charge is -2.23. The van der Waals surface area contributed by atoms with Crippen LogP contribution in [0.1, 0.15) is 6.42 Å². The van der Waals surface area contributed by atoms with Crippen LogP contribution in [-0.4, -0.2) is 62.1 Å². The predicted octanol–water partition coefficient (Wildman–Crippen LogP) is 2.77. The van der Waals surface area contributed by atoms with Crippen molar-refractivity contribution >= 4 is 55.8 Å². The largest absolute Gasteiger partial charge is 0.455 e. The highest BCUT2D eigenvalue weighted by molar-refractivity contribution is 8.00. The van der Waals surface area contributed by atoms with Crippen molar-refractivity contribution in [1.29, 1.82) is 0 Å². The highest BCUT2D eigenvalue weighted by atomic mass is 35.5. The molecule has 1 atom stereocenters. The van der Waals surface area contributed by atoms with Crippen molar-refractivity contribution < 1.29 is 22.7 Å². The van der Waals surface area contributed by atoms with Crippen molar-refractivity contribution in [1.82, 2.24) is 4.90 Å². The predicted molar refractivity (Wildman–Crippen MR) is 110 cm³/mol. The van der Waals surface area contributed by atoms with Crippen LogP contribution in [0.25, 0.3) is 10.8 Å². The summed E-state index contributed by atoms with van der Waals surface area (Å²) in [5.41, 5.74) is 0. The van der Waals surface area contributed by atoms with E-state index in [0.717, 1.165) is 15.7 Å². The number of hydrogen-bond donors (Lipinski definition) is 0. The maximum atomic E-state index is 12.2. The Labute approximate surface area is 173 Å². The van der Waals surface area contributed by atoms with E-state index in [1.54, 1.807) is 6.07 Å². The third-order valence-corrected chi connectivity index (χ3v) is 7.76. The minimum absolute atomic E-state index is 0.0408. The van der Waals surface area contributed by atoms with Crippen molar-refractivity contribution in [2.24, 2.45) is 0 Å². The summed E-state index contributed by atoms with van der Waals surface area (Å²) in [6.07, 6.45) is 0.413. The number of ether oxygens (including phenoxy) is 1. The third-order valence-electron chi connectivity index (χ3n) is 4.67. The first kappa shape index (κ1) is 21.0. The molecule has 0 radical (unpaired) electrons. The number of benzene rings is 2. The quantitative estimate of drug-likeness (QED) is 0.506. The minimum atomic E-state index is -3.08. The van der Waals surface area contributed by atoms with Crippen LogP contribution < -0.4 is 0 Å². The number of esters is 1. The maximum absolute atomic E-state index is 12.2. The Morgan fingerprint density at radius 1 is 1.25 bits per heavy atom. The number of carbonyl (C=O) groups is 2. The normalized spacial score (nSPS) is 18.1. The van der Waals surface area contributed by atoms with E-state index in [9.17, 15) is 18.0 Å². The lowest BCUT2D eigenvalue weighted by atomic mass is 10.1. The number of rotatable bonds is 6. The minimum Gasteiger partial charge on any atom is -0.455 e. The summed E-state index contributed by atoms with van der Waals surface area (Å²) in [5.74, 6) is -0.845. The first-order valence-corrected chi connectivity index (χ1v) is 11.9. The van der Waals surface area contributed by atoms with Crippen molar-refractivity contribution in [3.63, 3.8) is 0 Å². The number of fused-ring (bicyclic) bond motifs is 1. The molecule has 9 heteroatoms. The molecule has 1 amide bonds. The summed E-state index contributed by atoms with van der Waals surface area (Å²) in [6.45, 7) is -0.400. The maximum Gasteiger partial charge on any atom is 0.316 e. The second-order valence-corrected chi connectivity index (χ2v) is 10.3. The topological polar surface area (TPSA) is 80.8 Å². The van der Waals surface area contributed by atoms with Gasteiger partial charge in [0.05, 0.1) is 17.3 Å². The average Bonchev–Trinajstić information content (AvgIpc) is 3.03. The molecule has 0 aliphatic carbocycles. The molecule has 1 aliphatic rings. The van der Waals surface area contributed by atoms with Gasteiger partial charge >= 0.3 is 5.97 Å². The zero-order chi connectivity index (χ0) is 20.3. The Bertz CT molecular complexity index is 1000. The first-order chi connectivity index (χ1) is 13.3. The third kappa shape index (κ3) is 4.98. The second kappa shape index (κ2) is 8.71. The fraction of sp³-hybridized carbons (Fsp3) is 0.368. The van der Waals surface area contributed by atoms with Gasteiger partial charge in [-0.15, -0.1) is 11.8 Å². The number of halogens is 1. The monoisotopic (exact) mass is 441 g/mol. The molecular formula is C19H20ClNO5S2. The van der Waals surface area contributed by atoms with Crippen molar-refractivity contribution in [2.45, 2.75) is 17.4 Å². The van der Waals surface area contributed by atoms with E-state index < -0.39 is 28.3 Å². The Kier molecular flexibility index (Phi) is 6.52. The van der Waals surface area contributed by atoms with Gasteiger partial charge in [0, 0.05) is 28.4 Å². The number of nitrogens with zero attached hydrogens (tertiary/aromatic N) is 1. The molecule has 0 aromatic heterocycles. The molecular weight excluding hydrogens is 422 g/mol. The standard InChI is InChI=1S/C19H20ClNO5S2/c1-21(14-8-9-28(24,25)12-14)17(22)10-26-18(23)11-27-16-7-3-5-13-4-2-6-15(20)19(13)16/h2-7,14H,8-12H2,1H3/t14-/m0/s1. The number of carbonyl (C=O) groups excluding carboxylic acids is 2. The van der Waals surface area contributed by atoms with E-state index in [4.69, 9.17) is 16.3 Å². The molecule has 1 saturated heterocycles. The molecule has 0 unspecified atom stereocenters. The smallest absolute Gasteiger partial charge is 0.316 e. The summed E-state index contributed by atoms with van der Waals surface area (Å²) < 4.78 is 28.1. The molecule has 0 N–H and O–H groups in total. The van der Waals surface area contributed by atoms with Crippen molar-refractivity contribution in [3.05, 3.63) is 41.4 Å². The highest BCUT2D eigenvalue weighted by Gasteiger charge is 2.32. The molecule has 0 bridgehead atoms. The van der Waals surface area contributed by atoms with Crippen LogP contribution in [0.2, 0.25) is 5.02 Å². The van der Waals surface area contributed by atoms with Crippen LogP contribution >= 0.6 is 23.4 Å². The van der Waals surface area contributed by atoms with Gasteiger partial charge in [-0.3, -0.25) is 9.59 Å². The molecule has 1 fully saturated rings. The molecule has 2 aromatic rings. The Morgan fingerprint density at radius 3 is 2.64 bits per heavy atom. The molecule has 1 aliphatic heterocycles. The summed E-state index contributed by atoms with van der Waals surface area (Å²) in [7, 11) is -1.55. The fourth-order valence-electron chi connectivity index (χ4n) is 3.09. The van der Waals surface area contributed by atoms with Crippen molar-refractivity contribution in [3.8, 4) is 0 Å². The Hall–Kier alpha value is -1.77. The second-order valence-electron chi connectivity index (χ2n) is 6.60. The van der Waals surface area contributed by atoms with Crippen LogP contribution in [-0.2, 0) is 24.2 Å². The fourth-order valence-corrected chi connectivity index (χ4v) is 6.11. The van der Waals surface area contributed by atoms with Gasteiger partial charge in [0.25, 0.3) is 5.91 Å². The van der Waals surface area contributed by atoms with Gasteiger partial charge in [-0.05, 0) is 23.9 Å². The molecule has 150 valence electrons. The number of hydrogen-bond acceptors (Lipinski definition) is 6. The van der Waals surface area contributed by atoms with E-state index in [2.05, 4.69) is 0 Å². The zero-order valence-corrected chi connectivity index (χ0v) is 17.6. The Balaban J connectivity index is 1.52.